The average molecular weight is 252 g/mol. The molecular formula is C12H16N2O4. The van der Waals surface area contributed by atoms with Gasteiger partial charge in [0.25, 0.3) is 0 Å². The van der Waals surface area contributed by atoms with Gasteiger partial charge in [0.1, 0.15) is 5.56 Å². The molecular weight excluding hydrogens is 236 g/mol. The Morgan fingerprint density at radius 2 is 1.67 bits per heavy atom. The van der Waals surface area contributed by atoms with Gasteiger partial charge in [0.15, 0.2) is 0 Å². The van der Waals surface area contributed by atoms with Crippen LogP contribution >= 0.6 is 0 Å². The lowest BCUT2D eigenvalue weighted by Gasteiger charge is -2.15. The Morgan fingerprint density at radius 1 is 1.06 bits per heavy atom. The molecule has 0 saturated heterocycles. The van der Waals surface area contributed by atoms with E-state index in [1.807, 2.05) is 6.92 Å². The highest BCUT2D eigenvalue weighted by Gasteiger charge is 2.21. The summed E-state index contributed by atoms with van der Waals surface area (Å²) < 4.78 is 0. The van der Waals surface area contributed by atoms with Gasteiger partial charge in [0.2, 0.25) is 0 Å². The van der Waals surface area contributed by atoms with E-state index in [0.29, 0.717) is 18.8 Å². The van der Waals surface area contributed by atoms with E-state index in [-0.39, 0.29) is 16.8 Å². The number of carbonyl (C=O) groups is 2. The summed E-state index contributed by atoms with van der Waals surface area (Å²) in [6, 6.07) is 2.86. The third-order valence-electron chi connectivity index (χ3n) is 2.37. The second kappa shape index (κ2) is 5.90. The third kappa shape index (κ3) is 2.71. The van der Waals surface area contributed by atoms with E-state index in [1.165, 1.54) is 12.1 Å². The lowest BCUT2D eigenvalue weighted by molar-refractivity contribution is 0.0696. The summed E-state index contributed by atoms with van der Waals surface area (Å²) in [5.41, 5.74) is 0.455. The van der Waals surface area contributed by atoms with Gasteiger partial charge >= 0.3 is 11.9 Å². The average Bonchev–Trinajstić information content (AvgIpc) is 2.29. The largest absolute Gasteiger partial charge is 0.478 e. The molecule has 18 heavy (non-hydrogen) atoms. The molecule has 1 aromatic carbocycles. The molecule has 6 heteroatoms. The maximum Gasteiger partial charge on any atom is 0.339 e. The molecule has 0 fully saturated rings. The number of benzene rings is 1. The van der Waals surface area contributed by atoms with Crippen LogP contribution in [0, 0.1) is 0 Å². The standard InChI is InChI=1S/C12H16N2O4/c1-3-13-8-6-5-7(11(15)16)10(14-4-2)9(8)12(17)18/h5-6,13-14H,3-4H2,1-2H3,(H,15,16)(H,17,18). The van der Waals surface area contributed by atoms with Gasteiger partial charge in [-0.05, 0) is 26.0 Å². The number of anilines is 2. The Bertz CT molecular complexity index is 471. The van der Waals surface area contributed by atoms with E-state index in [2.05, 4.69) is 10.6 Å². The quantitative estimate of drug-likeness (QED) is 0.617. The van der Waals surface area contributed by atoms with Crippen LogP contribution in [-0.4, -0.2) is 35.2 Å². The monoisotopic (exact) mass is 252 g/mol. The zero-order valence-electron chi connectivity index (χ0n) is 10.3. The van der Waals surface area contributed by atoms with Crippen molar-refractivity contribution in [3.63, 3.8) is 0 Å². The Morgan fingerprint density at radius 3 is 2.11 bits per heavy atom. The zero-order valence-corrected chi connectivity index (χ0v) is 10.3. The van der Waals surface area contributed by atoms with Gasteiger partial charge in [-0.3, -0.25) is 0 Å². The first-order valence-electron chi connectivity index (χ1n) is 5.64. The van der Waals surface area contributed by atoms with Gasteiger partial charge in [0, 0.05) is 13.1 Å². The maximum atomic E-state index is 11.3. The van der Waals surface area contributed by atoms with Gasteiger partial charge < -0.3 is 20.8 Å². The first-order chi connectivity index (χ1) is 8.52. The summed E-state index contributed by atoms with van der Waals surface area (Å²) in [6.07, 6.45) is 0. The molecule has 0 heterocycles. The highest BCUT2D eigenvalue weighted by molar-refractivity contribution is 6.07. The van der Waals surface area contributed by atoms with E-state index >= 15 is 0 Å². The summed E-state index contributed by atoms with van der Waals surface area (Å²) in [5, 5.41) is 24.0. The minimum absolute atomic E-state index is 0.0430. The molecule has 0 spiro atoms. The van der Waals surface area contributed by atoms with Gasteiger partial charge in [-0.25, -0.2) is 9.59 Å². The Hall–Kier alpha value is -2.24. The van der Waals surface area contributed by atoms with E-state index in [9.17, 15) is 14.7 Å². The summed E-state index contributed by atoms with van der Waals surface area (Å²) in [4.78, 5) is 22.4. The van der Waals surface area contributed by atoms with E-state index in [0.717, 1.165) is 0 Å². The summed E-state index contributed by atoms with van der Waals surface area (Å²) in [5.74, 6) is -2.32. The fraction of sp³-hybridized carbons (Fsp3) is 0.333. The van der Waals surface area contributed by atoms with Gasteiger partial charge in [-0.2, -0.15) is 0 Å². The summed E-state index contributed by atoms with van der Waals surface area (Å²) in [7, 11) is 0. The molecule has 98 valence electrons. The highest BCUT2D eigenvalue weighted by Crippen LogP contribution is 2.28. The highest BCUT2D eigenvalue weighted by atomic mass is 16.4. The molecule has 0 amide bonds. The van der Waals surface area contributed by atoms with Crippen molar-refractivity contribution in [3.05, 3.63) is 23.3 Å². The molecule has 0 bridgehead atoms. The van der Waals surface area contributed by atoms with Crippen LogP contribution in [0.3, 0.4) is 0 Å². The van der Waals surface area contributed by atoms with Gasteiger partial charge in [-0.1, -0.05) is 0 Å². The van der Waals surface area contributed by atoms with Crippen molar-refractivity contribution in [1.82, 2.24) is 0 Å². The summed E-state index contributed by atoms with van der Waals surface area (Å²) >= 11 is 0. The second-order valence-electron chi connectivity index (χ2n) is 3.58. The van der Waals surface area contributed by atoms with Crippen molar-refractivity contribution in [2.75, 3.05) is 23.7 Å². The van der Waals surface area contributed by atoms with Crippen molar-refractivity contribution >= 4 is 23.3 Å². The fourth-order valence-electron chi connectivity index (χ4n) is 1.70. The molecule has 0 aliphatic carbocycles. The molecule has 1 aromatic rings. The van der Waals surface area contributed by atoms with Crippen molar-refractivity contribution in [2.24, 2.45) is 0 Å². The van der Waals surface area contributed by atoms with E-state index in [1.54, 1.807) is 6.92 Å². The molecule has 0 radical (unpaired) electrons. The maximum absolute atomic E-state index is 11.3. The van der Waals surface area contributed by atoms with Crippen LogP contribution in [0.4, 0.5) is 11.4 Å². The SMILES string of the molecule is CCNc1ccc(C(=O)O)c(NCC)c1C(=O)O. The fourth-order valence-corrected chi connectivity index (χ4v) is 1.70. The van der Waals surface area contributed by atoms with Crippen LogP contribution in [0.2, 0.25) is 0 Å². The number of aromatic carboxylic acids is 2. The van der Waals surface area contributed by atoms with Crippen molar-refractivity contribution in [1.29, 1.82) is 0 Å². The Kier molecular flexibility index (Phi) is 4.53. The van der Waals surface area contributed by atoms with Gasteiger partial charge in [0.05, 0.1) is 16.9 Å². The number of hydrogen-bond donors (Lipinski definition) is 4. The smallest absolute Gasteiger partial charge is 0.339 e. The summed E-state index contributed by atoms with van der Waals surface area (Å²) in [6.45, 7) is 4.61. The number of nitrogens with one attached hydrogen (secondary N) is 2. The predicted octanol–water partition coefficient (Wildman–Crippen LogP) is 1.95. The number of hydrogen-bond acceptors (Lipinski definition) is 4. The minimum atomic E-state index is -1.16. The molecule has 0 aliphatic rings. The zero-order chi connectivity index (χ0) is 13.7. The molecule has 0 atom stereocenters. The lowest BCUT2D eigenvalue weighted by Crippen LogP contribution is -2.14. The molecule has 0 aliphatic heterocycles. The molecule has 0 aromatic heterocycles. The molecule has 4 N–H and O–H groups in total. The van der Waals surface area contributed by atoms with Crippen LogP contribution in [0.25, 0.3) is 0 Å². The Labute approximate surface area is 105 Å². The number of carboxylic acids is 2. The third-order valence-corrected chi connectivity index (χ3v) is 2.37. The first kappa shape index (κ1) is 13.8. The number of carboxylic acid groups (broad SMARTS) is 2. The van der Waals surface area contributed by atoms with Crippen molar-refractivity contribution in [2.45, 2.75) is 13.8 Å². The Balaban J connectivity index is 3.48. The van der Waals surface area contributed by atoms with Gasteiger partial charge in [-0.15, -0.1) is 0 Å². The van der Waals surface area contributed by atoms with E-state index < -0.39 is 11.9 Å². The van der Waals surface area contributed by atoms with Crippen LogP contribution in [0.5, 0.6) is 0 Å². The number of rotatable bonds is 6. The van der Waals surface area contributed by atoms with Crippen molar-refractivity contribution in [3.8, 4) is 0 Å². The van der Waals surface area contributed by atoms with Crippen LogP contribution < -0.4 is 10.6 Å². The molecule has 1 rings (SSSR count). The van der Waals surface area contributed by atoms with Crippen LogP contribution in [0.15, 0.2) is 12.1 Å². The molecule has 6 nitrogen and oxygen atoms in total. The predicted molar refractivity (Wildman–Crippen MR) is 68.7 cm³/mol. The normalized spacial score (nSPS) is 9.89. The van der Waals surface area contributed by atoms with Crippen LogP contribution in [0.1, 0.15) is 34.6 Å². The van der Waals surface area contributed by atoms with Crippen LogP contribution in [-0.2, 0) is 0 Å². The molecule has 0 unspecified atom stereocenters. The van der Waals surface area contributed by atoms with E-state index in [4.69, 9.17) is 5.11 Å². The molecule has 0 saturated carbocycles. The topological polar surface area (TPSA) is 98.7 Å². The minimum Gasteiger partial charge on any atom is -0.478 e. The second-order valence-corrected chi connectivity index (χ2v) is 3.58. The van der Waals surface area contributed by atoms with Crippen molar-refractivity contribution < 1.29 is 19.8 Å². The first-order valence-corrected chi connectivity index (χ1v) is 5.64. The lowest BCUT2D eigenvalue weighted by atomic mass is 10.0.